The molecule has 2 aromatic heterocycles. The number of allylic oxidation sites excluding steroid dienone is 1. The van der Waals surface area contributed by atoms with Gasteiger partial charge in [-0.25, -0.2) is 4.79 Å². The van der Waals surface area contributed by atoms with E-state index in [-0.39, 0.29) is 64.6 Å². The minimum absolute atomic E-state index is 0.00153. The molecule has 0 spiro atoms. The van der Waals surface area contributed by atoms with Crippen LogP contribution in [0, 0.1) is 11.8 Å². The lowest BCUT2D eigenvalue weighted by atomic mass is 9.72. The third-order valence-corrected chi connectivity index (χ3v) is 13.8. The minimum atomic E-state index is -3.00. The van der Waals surface area contributed by atoms with Crippen molar-refractivity contribution in [2.45, 2.75) is 68.5 Å². The van der Waals surface area contributed by atoms with Gasteiger partial charge in [0.1, 0.15) is 41.6 Å². The first-order chi connectivity index (χ1) is 29.4. The summed E-state index contributed by atoms with van der Waals surface area (Å²) in [5.41, 5.74) is -2.05. The number of aromatic hydroxyl groups is 1. The fourth-order valence-electron chi connectivity index (χ4n) is 8.21. The summed E-state index contributed by atoms with van der Waals surface area (Å²) in [5, 5.41) is 59.6. The molecular formula is C45H48N2O12S2. The van der Waals surface area contributed by atoms with Crippen molar-refractivity contribution in [3.63, 3.8) is 0 Å². The number of carboxylic acid groups (broad SMARTS) is 1. The molecule has 9 unspecified atom stereocenters. The third kappa shape index (κ3) is 8.77. The van der Waals surface area contributed by atoms with Gasteiger partial charge in [0.15, 0.2) is 23.4 Å². The number of aliphatic carboxylic acids is 1. The zero-order valence-corrected chi connectivity index (χ0v) is 35.0. The van der Waals surface area contributed by atoms with Gasteiger partial charge in [-0.1, -0.05) is 84.0 Å². The van der Waals surface area contributed by atoms with Gasteiger partial charge in [-0.05, 0) is 83.2 Å². The van der Waals surface area contributed by atoms with Crippen molar-refractivity contribution in [3.05, 3.63) is 124 Å². The number of rotatable bonds is 11. The number of carbonyl (C=O) groups is 2. The number of carbonyl (C=O) groups excluding carboxylic acids is 1. The number of aromatic amines is 1. The molecule has 322 valence electrons. The molecule has 9 atom stereocenters. The minimum Gasteiger partial charge on any atom is -0.508 e. The van der Waals surface area contributed by atoms with E-state index in [0.29, 0.717) is 17.7 Å². The summed E-state index contributed by atoms with van der Waals surface area (Å²) in [6.45, 7) is 4.29. The van der Waals surface area contributed by atoms with E-state index in [1.165, 1.54) is 63.7 Å². The number of ether oxygens (including phenoxy) is 3. The highest BCUT2D eigenvalue weighted by Gasteiger charge is 2.72. The summed E-state index contributed by atoms with van der Waals surface area (Å²) in [5.74, 6) is -1.76. The fourth-order valence-corrected chi connectivity index (χ4v) is 10.3. The Morgan fingerprint density at radius 1 is 1.08 bits per heavy atom. The van der Waals surface area contributed by atoms with E-state index in [1.54, 1.807) is 12.1 Å². The number of benzene rings is 3. The van der Waals surface area contributed by atoms with Crippen LogP contribution >= 0.6 is 21.6 Å². The molecule has 16 heteroatoms. The summed E-state index contributed by atoms with van der Waals surface area (Å²) < 4.78 is 23.7. The van der Waals surface area contributed by atoms with E-state index < -0.39 is 47.3 Å². The van der Waals surface area contributed by atoms with Crippen LogP contribution in [0.15, 0.2) is 107 Å². The Morgan fingerprint density at radius 2 is 1.87 bits per heavy atom. The van der Waals surface area contributed by atoms with E-state index in [0.717, 1.165) is 17.5 Å². The maximum Gasteiger partial charge on any atom is 0.335 e. The lowest BCUT2D eigenvalue weighted by Crippen LogP contribution is -2.82. The van der Waals surface area contributed by atoms with Gasteiger partial charge >= 0.3 is 5.97 Å². The number of hydrogen-bond acceptors (Lipinski definition) is 14. The van der Waals surface area contributed by atoms with Crippen LogP contribution in [0.1, 0.15) is 42.9 Å². The monoisotopic (exact) mass is 872 g/mol. The number of nitrogens with one attached hydrogen (secondary N) is 2. The van der Waals surface area contributed by atoms with Crippen molar-refractivity contribution in [2.24, 2.45) is 11.8 Å². The number of aromatic nitrogens is 1. The van der Waals surface area contributed by atoms with Gasteiger partial charge in [0.2, 0.25) is 11.9 Å². The largest absolute Gasteiger partial charge is 0.508 e. The van der Waals surface area contributed by atoms with Crippen LogP contribution in [-0.2, 0) is 25.5 Å². The van der Waals surface area contributed by atoms with Crippen molar-refractivity contribution in [1.29, 1.82) is 0 Å². The highest BCUT2D eigenvalue weighted by molar-refractivity contribution is 8.76. The van der Waals surface area contributed by atoms with E-state index in [4.69, 9.17) is 18.6 Å². The number of hydrogen-bond donors (Lipinski definition) is 7. The molecule has 7 N–H and O–H groups in total. The second-order valence-electron chi connectivity index (χ2n) is 15.3. The van der Waals surface area contributed by atoms with Crippen LogP contribution in [0.2, 0.25) is 0 Å². The summed E-state index contributed by atoms with van der Waals surface area (Å²) >= 11 is 0. The first-order valence-electron chi connectivity index (χ1n) is 19.8. The number of phenolic OH excluding ortho intramolecular Hbond substituents is 1. The first kappa shape index (κ1) is 44.2. The van der Waals surface area contributed by atoms with Gasteiger partial charge in [-0.2, -0.15) is 0 Å². The predicted molar refractivity (Wildman–Crippen MR) is 232 cm³/mol. The second-order valence-corrected chi connectivity index (χ2v) is 17.7. The molecule has 2 aliphatic rings. The number of fused-ring (bicyclic) bond motifs is 2. The Balaban J connectivity index is 1.24. The van der Waals surface area contributed by atoms with Crippen molar-refractivity contribution in [2.75, 3.05) is 18.2 Å². The molecule has 2 aliphatic heterocycles. The van der Waals surface area contributed by atoms with Crippen LogP contribution in [0.4, 0.5) is 0 Å². The van der Waals surface area contributed by atoms with Crippen LogP contribution < -0.4 is 15.5 Å². The topological polar surface area (TPSA) is 221 Å². The molecular weight excluding hydrogens is 825 g/mol. The fraction of sp³-hybridized carbons (Fsp3) is 0.356. The smallest absolute Gasteiger partial charge is 0.335 e. The normalized spacial score (nSPS) is 28.0. The first-order valence-corrected chi connectivity index (χ1v) is 22.3. The summed E-state index contributed by atoms with van der Waals surface area (Å²) in [6, 6.07) is 20.2. The Labute approximate surface area is 359 Å². The van der Waals surface area contributed by atoms with Gasteiger partial charge < -0.3 is 49.1 Å². The molecule has 3 aromatic carbocycles. The standard InChI is InChI=1S/C45H48N2O12S2/c1-3-27-8-4-5-9-28(27)10-6-7-26(2)34-21-47-42(54)45(55)43(58-32-15-16-33-37(19-32)56-22-35(38(33)50)29-11-13-31(49)14-12-29)59-39(41(52)53)40(51)44(45,24-48)57-25-61-60-23-36(34)30-17-18-46-20-30/h4-6,8-20,22,24,26,34,36,39-40,42-43,46-47,49,51,54-55H,3,7,21,23,25H2,1-2H3,(H,52,53). The number of carboxylic acids is 1. The molecule has 5 aromatic rings. The van der Waals surface area contributed by atoms with E-state index in [9.17, 15) is 39.9 Å². The van der Waals surface area contributed by atoms with Crippen molar-refractivity contribution < 1.29 is 53.7 Å². The zero-order valence-electron chi connectivity index (χ0n) is 33.4. The highest BCUT2D eigenvalue weighted by atomic mass is 33.1. The molecule has 0 amide bonds. The summed E-state index contributed by atoms with van der Waals surface area (Å²) in [6.07, 6.45) is 2.11. The van der Waals surface area contributed by atoms with Crippen LogP contribution in [0.25, 0.3) is 28.2 Å². The number of aliphatic hydroxyl groups is 3. The van der Waals surface area contributed by atoms with Gasteiger partial charge in [0.25, 0.3) is 0 Å². The number of phenols is 1. The summed E-state index contributed by atoms with van der Waals surface area (Å²) in [7, 11) is 2.64. The molecule has 0 bridgehead atoms. The van der Waals surface area contributed by atoms with E-state index in [1.807, 2.05) is 30.6 Å². The molecule has 14 nitrogen and oxygen atoms in total. The van der Waals surface area contributed by atoms with E-state index >= 15 is 0 Å². The molecule has 7 rings (SSSR count). The maximum atomic E-state index is 13.5. The van der Waals surface area contributed by atoms with Gasteiger partial charge in [0, 0.05) is 30.8 Å². The van der Waals surface area contributed by atoms with Gasteiger partial charge in [0.05, 0.1) is 10.9 Å². The van der Waals surface area contributed by atoms with Gasteiger partial charge in [-0.15, -0.1) is 0 Å². The third-order valence-electron chi connectivity index (χ3n) is 11.7. The number of aryl methyl sites for hydroxylation is 1. The highest BCUT2D eigenvalue weighted by Crippen LogP contribution is 2.46. The molecule has 2 fully saturated rings. The predicted octanol–water partition coefficient (Wildman–Crippen LogP) is 5.69. The second kappa shape index (κ2) is 19.0. The van der Waals surface area contributed by atoms with Crippen LogP contribution in [-0.4, -0.2) is 96.9 Å². The average molecular weight is 873 g/mol. The van der Waals surface area contributed by atoms with Crippen molar-refractivity contribution in [1.82, 2.24) is 10.3 Å². The van der Waals surface area contributed by atoms with Crippen molar-refractivity contribution in [3.8, 4) is 22.6 Å². The Bertz CT molecular complexity index is 2390. The van der Waals surface area contributed by atoms with Gasteiger partial charge in [-0.3, -0.25) is 14.9 Å². The van der Waals surface area contributed by atoms with Crippen LogP contribution in [0.5, 0.6) is 11.5 Å². The Kier molecular flexibility index (Phi) is 13.8. The summed E-state index contributed by atoms with van der Waals surface area (Å²) in [4.78, 5) is 42.5. The molecule has 2 saturated heterocycles. The number of aliphatic hydroxyl groups excluding tert-OH is 2. The maximum absolute atomic E-state index is 13.5. The number of H-pyrrole nitrogens is 1. The SMILES string of the molecule is CCc1ccccc1C=CCC(C)C1CNC(O)C2(O)C(Oc3ccc4c(=O)c(-c5ccc(O)cc5)coc4c3)OC(C(=O)O)C(O)C2(C=O)OCSSCC1c1cc[nH]c1. The van der Waals surface area contributed by atoms with Crippen molar-refractivity contribution >= 4 is 50.9 Å². The Hall–Kier alpha value is -4.91. The average Bonchev–Trinajstić information content (AvgIpc) is 3.80. The Morgan fingerprint density at radius 3 is 2.59 bits per heavy atom. The molecule has 0 aliphatic carbocycles. The molecule has 61 heavy (non-hydrogen) atoms. The quantitative estimate of drug-likeness (QED) is 0.0626. The number of aldehydes is 1. The lowest BCUT2D eigenvalue weighted by Gasteiger charge is -2.55. The van der Waals surface area contributed by atoms with E-state index in [2.05, 4.69) is 48.4 Å². The lowest BCUT2D eigenvalue weighted by molar-refractivity contribution is -0.364. The molecule has 4 heterocycles. The molecule has 0 saturated carbocycles. The molecule has 0 radical (unpaired) electrons. The van der Waals surface area contributed by atoms with Crippen LogP contribution in [0.3, 0.4) is 0 Å². The zero-order chi connectivity index (χ0) is 43.3.